The Labute approximate surface area is 123 Å². The lowest BCUT2D eigenvalue weighted by Gasteiger charge is -2.07. The third-order valence-corrected chi connectivity index (χ3v) is 3.21. The Morgan fingerprint density at radius 1 is 1.15 bits per heavy atom. The number of amides is 1. The fourth-order valence-corrected chi connectivity index (χ4v) is 2.10. The molecule has 0 unspecified atom stereocenters. The smallest absolute Gasteiger partial charge is 0.255 e. The third-order valence-electron chi connectivity index (χ3n) is 2.97. The molecule has 4 heteroatoms. The maximum atomic E-state index is 11.9. The summed E-state index contributed by atoms with van der Waals surface area (Å²) < 4.78 is 0. The van der Waals surface area contributed by atoms with Crippen molar-refractivity contribution in [2.75, 3.05) is 6.54 Å². The summed E-state index contributed by atoms with van der Waals surface area (Å²) in [5, 5.41) is 12.8. The SMILES string of the molecule is O=C(NCCCc1ccccc1)c1cc(Cl)ccc1O. The second kappa shape index (κ2) is 6.96. The van der Waals surface area contributed by atoms with Crippen LogP contribution in [-0.4, -0.2) is 17.6 Å². The molecule has 1 amide bonds. The fraction of sp³-hybridized carbons (Fsp3) is 0.188. The van der Waals surface area contributed by atoms with Crippen LogP contribution in [0.25, 0.3) is 0 Å². The highest BCUT2D eigenvalue weighted by Crippen LogP contribution is 2.21. The number of hydrogen-bond acceptors (Lipinski definition) is 2. The molecule has 0 atom stereocenters. The number of nitrogens with one attached hydrogen (secondary N) is 1. The van der Waals surface area contributed by atoms with E-state index in [-0.39, 0.29) is 17.2 Å². The van der Waals surface area contributed by atoms with E-state index in [4.69, 9.17) is 11.6 Å². The number of phenolic OH excluding ortho intramolecular Hbond substituents is 1. The molecule has 0 saturated heterocycles. The minimum Gasteiger partial charge on any atom is -0.507 e. The molecule has 0 aliphatic heterocycles. The van der Waals surface area contributed by atoms with Crippen molar-refractivity contribution < 1.29 is 9.90 Å². The summed E-state index contributed by atoms with van der Waals surface area (Å²) in [6, 6.07) is 14.5. The number of phenols is 1. The minimum absolute atomic E-state index is 0.0602. The standard InChI is InChI=1S/C16H16ClNO2/c17-13-8-9-15(19)14(11-13)16(20)18-10-4-7-12-5-2-1-3-6-12/h1-3,5-6,8-9,11,19H,4,7,10H2,(H,18,20). The first-order valence-electron chi connectivity index (χ1n) is 6.47. The van der Waals surface area contributed by atoms with Gasteiger partial charge in [-0.2, -0.15) is 0 Å². The number of aryl methyl sites for hydroxylation is 1. The molecule has 0 bridgehead atoms. The predicted octanol–water partition coefficient (Wildman–Crippen LogP) is 3.41. The van der Waals surface area contributed by atoms with Crippen LogP contribution in [-0.2, 0) is 6.42 Å². The fourth-order valence-electron chi connectivity index (χ4n) is 1.92. The molecule has 2 N–H and O–H groups in total. The zero-order valence-corrected chi connectivity index (χ0v) is 11.7. The summed E-state index contributed by atoms with van der Waals surface area (Å²) in [5.41, 5.74) is 1.45. The summed E-state index contributed by atoms with van der Waals surface area (Å²) in [4.78, 5) is 11.9. The van der Waals surface area contributed by atoms with Gasteiger partial charge in [0.2, 0.25) is 0 Å². The highest BCUT2D eigenvalue weighted by molar-refractivity contribution is 6.31. The second-order valence-electron chi connectivity index (χ2n) is 4.51. The molecular weight excluding hydrogens is 274 g/mol. The van der Waals surface area contributed by atoms with Gasteiger partial charge in [-0.1, -0.05) is 41.9 Å². The van der Waals surface area contributed by atoms with Gasteiger partial charge in [-0.15, -0.1) is 0 Å². The van der Waals surface area contributed by atoms with Crippen LogP contribution < -0.4 is 5.32 Å². The molecule has 20 heavy (non-hydrogen) atoms. The van der Waals surface area contributed by atoms with Gasteiger partial charge in [-0.05, 0) is 36.6 Å². The lowest BCUT2D eigenvalue weighted by molar-refractivity contribution is 0.0950. The quantitative estimate of drug-likeness (QED) is 0.829. The molecule has 0 aromatic heterocycles. The Kier molecular flexibility index (Phi) is 5.02. The van der Waals surface area contributed by atoms with Gasteiger partial charge in [0.1, 0.15) is 5.75 Å². The van der Waals surface area contributed by atoms with Crippen molar-refractivity contribution in [2.45, 2.75) is 12.8 Å². The van der Waals surface area contributed by atoms with E-state index in [1.54, 1.807) is 6.07 Å². The summed E-state index contributed by atoms with van der Waals surface area (Å²) >= 11 is 5.81. The Bertz CT molecular complexity index is 584. The highest BCUT2D eigenvalue weighted by Gasteiger charge is 2.10. The van der Waals surface area contributed by atoms with Crippen molar-refractivity contribution in [2.24, 2.45) is 0 Å². The zero-order chi connectivity index (χ0) is 14.4. The predicted molar refractivity (Wildman–Crippen MR) is 80.2 cm³/mol. The van der Waals surface area contributed by atoms with E-state index in [1.807, 2.05) is 18.2 Å². The van der Waals surface area contributed by atoms with Crippen LogP contribution in [0, 0.1) is 0 Å². The van der Waals surface area contributed by atoms with Crippen molar-refractivity contribution in [1.82, 2.24) is 5.32 Å². The molecule has 104 valence electrons. The number of aromatic hydroxyl groups is 1. The molecular formula is C16H16ClNO2. The average molecular weight is 290 g/mol. The Morgan fingerprint density at radius 3 is 2.65 bits per heavy atom. The summed E-state index contributed by atoms with van der Waals surface area (Å²) in [6.07, 6.45) is 1.75. The Hall–Kier alpha value is -2.00. The number of carbonyl (C=O) groups excluding carboxylic acids is 1. The minimum atomic E-state index is -0.307. The van der Waals surface area contributed by atoms with Gasteiger partial charge in [0, 0.05) is 11.6 Å². The van der Waals surface area contributed by atoms with Gasteiger partial charge < -0.3 is 10.4 Å². The van der Waals surface area contributed by atoms with E-state index in [1.165, 1.54) is 17.7 Å². The molecule has 2 aromatic rings. The summed E-state index contributed by atoms with van der Waals surface area (Å²) in [7, 11) is 0. The monoisotopic (exact) mass is 289 g/mol. The maximum Gasteiger partial charge on any atom is 0.255 e. The number of benzene rings is 2. The van der Waals surface area contributed by atoms with Crippen LogP contribution in [0.2, 0.25) is 5.02 Å². The zero-order valence-electron chi connectivity index (χ0n) is 11.0. The molecule has 0 saturated carbocycles. The van der Waals surface area contributed by atoms with Crippen LogP contribution in [0.5, 0.6) is 5.75 Å². The molecule has 0 spiro atoms. The molecule has 2 rings (SSSR count). The van der Waals surface area contributed by atoms with Gasteiger partial charge in [-0.25, -0.2) is 0 Å². The van der Waals surface area contributed by atoms with E-state index in [0.29, 0.717) is 11.6 Å². The molecule has 0 radical (unpaired) electrons. The first kappa shape index (κ1) is 14.4. The Morgan fingerprint density at radius 2 is 1.90 bits per heavy atom. The summed E-state index contributed by atoms with van der Waals surface area (Å²) in [5.74, 6) is -0.368. The van der Waals surface area contributed by atoms with Crippen LogP contribution in [0.3, 0.4) is 0 Å². The van der Waals surface area contributed by atoms with Gasteiger partial charge in [0.15, 0.2) is 0 Å². The van der Waals surface area contributed by atoms with Crippen LogP contribution in [0.4, 0.5) is 0 Å². The van der Waals surface area contributed by atoms with Crippen molar-refractivity contribution in [3.63, 3.8) is 0 Å². The van der Waals surface area contributed by atoms with Gasteiger partial charge in [0.05, 0.1) is 5.56 Å². The molecule has 0 fully saturated rings. The van der Waals surface area contributed by atoms with Crippen LogP contribution >= 0.6 is 11.6 Å². The van der Waals surface area contributed by atoms with Gasteiger partial charge >= 0.3 is 0 Å². The lowest BCUT2D eigenvalue weighted by Crippen LogP contribution is -2.24. The van der Waals surface area contributed by atoms with Gasteiger partial charge in [-0.3, -0.25) is 4.79 Å². The first-order chi connectivity index (χ1) is 9.66. The largest absolute Gasteiger partial charge is 0.507 e. The van der Waals surface area contributed by atoms with Crippen LogP contribution in [0.1, 0.15) is 22.3 Å². The van der Waals surface area contributed by atoms with Crippen molar-refractivity contribution in [3.8, 4) is 5.75 Å². The third kappa shape index (κ3) is 4.00. The van der Waals surface area contributed by atoms with E-state index in [2.05, 4.69) is 17.4 Å². The summed E-state index contributed by atoms with van der Waals surface area (Å²) in [6.45, 7) is 0.555. The highest BCUT2D eigenvalue weighted by atomic mass is 35.5. The van der Waals surface area contributed by atoms with Crippen molar-refractivity contribution >= 4 is 17.5 Å². The number of rotatable bonds is 5. The maximum absolute atomic E-state index is 11.9. The molecule has 2 aromatic carbocycles. The van der Waals surface area contributed by atoms with E-state index >= 15 is 0 Å². The second-order valence-corrected chi connectivity index (χ2v) is 4.94. The van der Waals surface area contributed by atoms with Crippen molar-refractivity contribution in [3.05, 3.63) is 64.7 Å². The normalized spacial score (nSPS) is 10.2. The van der Waals surface area contributed by atoms with Crippen molar-refractivity contribution in [1.29, 1.82) is 0 Å². The lowest BCUT2D eigenvalue weighted by atomic mass is 10.1. The first-order valence-corrected chi connectivity index (χ1v) is 6.85. The molecule has 0 aliphatic carbocycles. The molecule has 0 aliphatic rings. The number of hydrogen-bond donors (Lipinski definition) is 2. The average Bonchev–Trinajstić information content (AvgIpc) is 2.47. The van der Waals surface area contributed by atoms with E-state index in [0.717, 1.165) is 12.8 Å². The van der Waals surface area contributed by atoms with Crippen LogP contribution in [0.15, 0.2) is 48.5 Å². The number of halogens is 1. The molecule has 0 heterocycles. The van der Waals surface area contributed by atoms with E-state index in [9.17, 15) is 9.90 Å². The van der Waals surface area contributed by atoms with Gasteiger partial charge in [0.25, 0.3) is 5.91 Å². The Balaban J connectivity index is 1.82. The number of carbonyl (C=O) groups is 1. The molecule has 3 nitrogen and oxygen atoms in total. The topological polar surface area (TPSA) is 49.3 Å². The van der Waals surface area contributed by atoms with E-state index < -0.39 is 0 Å².